The van der Waals surface area contributed by atoms with Crippen molar-refractivity contribution in [1.29, 1.82) is 0 Å². The van der Waals surface area contributed by atoms with Gasteiger partial charge in [0.25, 0.3) is 0 Å². The lowest BCUT2D eigenvalue weighted by Gasteiger charge is -2.04. The molecule has 0 fully saturated rings. The molecule has 0 aromatic heterocycles. The normalized spacial score (nSPS) is 10.4. The van der Waals surface area contributed by atoms with Gasteiger partial charge in [-0.2, -0.15) is 5.10 Å². The Morgan fingerprint density at radius 1 is 1.00 bits per heavy atom. The number of benzene rings is 2. The fourth-order valence-electron chi connectivity index (χ4n) is 1.75. The molecule has 2 aromatic carbocycles. The monoisotopic (exact) mass is 295 g/mol. The van der Waals surface area contributed by atoms with Gasteiger partial charge in [0.15, 0.2) is 0 Å². The van der Waals surface area contributed by atoms with Crippen molar-refractivity contribution in [1.82, 2.24) is 5.43 Å². The first-order chi connectivity index (χ1) is 10.6. The summed E-state index contributed by atoms with van der Waals surface area (Å²) in [6.07, 6.45) is 1.25. The molecule has 5 heteroatoms. The third-order valence-electron chi connectivity index (χ3n) is 2.86. The Labute approximate surface area is 129 Å². The molecule has 0 saturated carbocycles. The van der Waals surface area contributed by atoms with E-state index in [0.717, 1.165) is 11.1 Å². The summed E-state index contributed by atoms with van der Waals surface area (Å²) < 4.78 is 0. The minimum atomic E-state index is -0.461. The van der Waals surface area contributed by atoms with Gasteiger partial charge >= 0.3 is 0 Å². The highest BCUT2D eigenvalue weighted by atomic mass is 16.2. The molecule has 2 N–H and O–H groups in total. The van der Waals surface area contributed by atoms with E-state index in [4.69, 9.17) is 0 Å². The number of nitrogens with zero attached hydrogens (tertiary/aromatic N) is 1. The molecule has 2 rings (SSSR count). The van der Waals surface area contributed by atoms with Crippen LogP contribution < -0.4 is 10.7 Å². The lowest BCUT2D eigenvalue weighted by molar-refractivity contribution is -0.126. The Morgan fingerprint density at radius 3 is 2.36 bits per heavy atom. The summed E-state index contributed by atoms with van der Waals surface area (Å²) in [5.41, 5.74) is 4.96. The molecular weight excluding hydrogens is 278 g/mol. The van der Waals surface area contributed by atoms with Crippen molar-refractivity contribution in [2.24, 2.45) is 5.10 Å². The van der Waals surface area contributed by atoms with Gasteiger partial charge in [-0.1, -0.05) is 48.0 Å². The van der Waals surface area contributed by atoms with Crippen molar-refractivity contribution < 1.29 is 9.59 Å². The molecule has 5 nitrogen and oxygen atoms in total. The molecule has 0 heterocycles. The molecule has 112 valence electrons. The van der Waals surface area contributed by atoms with Gasteiger partial charge in [-0.15, -0.1) is 0 Å². The predicted molar refractivity (Wildman–Crippen MR) is 86.6 cm³/mol. The van der Waals surface area contributed by atoms with Crippen LogP contribution in [0.1, 0.15) is 17.5 Å². The highest BCUT2D eigenvalue weighted by molar-refractivity contribution is 6.03. The number of hydrazone groups is 1. The molecule has 0 aliphatic heterocycles. The number of hydrogen-bond acceptors (Lipinski definition) is 3. The first-order valence-corrected chi connectivity index (χ1v) is 6.87. The van der Waals surface area contributed by atoms with Gasteiger partial charge in [0.05, 0.1) is 6.21 Å². The summed E-state index contributed by atoms with van der Waals surface area (Å²) in [6.45, 7) is 1.96. The van der Waals surface area contributed by atoms with Gasteiger partial charge in [-0.3, -0.25) is 9.59 Å². The molecule has 0 spiro atoms. The SMILES string of the molecule is Cc1ccc(NC(=O)CC(=O)NN=Cc2ccccc2)cc1. The standard InChI is InChI=1S/C17H17N3O2/c1-13-7-9-15(10-8-13)19-16(21)11-17(22)20-18-12-14-5-3-2-4-6-14/h2-10,12H,11H2,1H3,(H,19,21)(H,20,22). The second-order valence-electron chi connectivity index (χ2n) is 4.79. The number of hydrogen-bond donors (Lipinski definition) is 2. The van der Waals surface area contributed by atoms with Crippen molar-refractivity contribution in [2.75, 3.05) is 5.32 Å². The third-order valence-corrected chi connectivity index (χ3v) is 2.86. The minimum Gasteiger partial charge on any atom is -0.326 e. The average molecular weight is 295 g/mol. The minimum absolute atomic E-state index is 0.278. The summed E-state index contributed by atoms with van der Waals surface area (Å²) in [7, 11) is 0. The molecule has 0 unspecified atom stereocenters. The second-order valence-corrected chi connectivity index (χ2v) is 4.79. The number of amides is 2. The van der Waals surface area contributed by atoms with Crippen LogP contribution in [0.15, 0.2) is 59.7 Å². The maximum atomic E-state index is 11.7. The maximum absolute atomic E-state index is 11.7. The van der Waals surface area contributed by atoms with Crippen LogP contribution >= 0.6 is 0 Å². The summed E-state index contributed by atoms with van der Waals surface area (Å²) in [5, 5.41) is 6.47. The van der Waals surface area contributed by atoms with Gasteiger partial charge in [0.1, 0.15) is 6.42 Å². The van der Waals surface area contributed by atoms with Crippen molar-refractivity contribution in [3.8, 4) is 0 Å². The first kappa shape index (κ1) is 15.4. The van der Waals surface area contributed by atoms with E-state index < -0.39 is 5.91 Å². The van der Waals surface area contributed by atoms with Gasteiger partial charge in [-0.25, -0.2) is 5.43 Å². The van der Waals surface area contributed by atoms with Gasteiger partial charge in [-0.05, 0) is 24.6 Å². The molecule has 0 aliphatic rings. The molecule has 0 aliphatic carbocycles. The van der Waals surface area contributed by atoms with Crippen molar-refractivity contribution >= 4 is 23.7 Å². The number of nitrogens with one attached hydrogen (secondary N) is 2. The fourth-order valence-corrected chi connectivity index (χ4v) is 1.75. The largest absolute Gasteiger partial charge is 0.326 e. The van der Waals surface area contributed by atoms with Gasteiger partial charge in [0, 0.05) is 5.69 Å². The zero-order valence-corrected chi connectivity index (χ0v) is 12.2. The zero-order chi connectivity index (χ0) is 15.8. The highest BCUT2D eigenvalue weighted by Gasteiger charge is 2.08. The number of aryl methyl sites for hydroxylation is 1. The molecular formula is C17H17N3O2. The van der Waals surface area contributed by atoms with Gasteiger partial charge in [0.2, 0.25) is 11.8 Å². The molecule has 2 aromatic rings. The van der Waals surface area contributed by atoms with E-state index >= 15 is 0 Å². The van der Waals surface area contributed by atoms with E-state index in [-0.39, 0.29) is 12.3 Å². The Balaban J connectivity index is 1.78. The summed E-state index contributed by atoms with van der Waals surface area (Å²) in [4.78, 5) is 23.3. The van der Waals surface area contributed by atoms with E-state index in [9.17, 15) is 9.59 Å². The van der Waals surface area contributed by atoms with Crippen LogP contribution in [0.2, 0.25) is 0 Å². The van der Waals surface area contributed by atoms with Crippen molar-refractivity contribution in [2.45, 2.75) is 13.3 Å². The Morgan fingerprint density at radius 2 is 1.68 bits per heavy atom. The Hall–Kier alpha value is -2.95. The molecule has 0 radical (unpaired) electrons. The molecule has 0 atom stereocenters. The molecule has 0 bridgehead atoms. The summed E-state index contributed by atoms with van der Waals surface area (Å²) in [5.74, 6) is -0.840. The van der Waals surface area contributed by atoms with Crippen LogP contribution in [0.25, 0.3) is 0 Å². The number of rotatable bonds is 5. The average Bonchev–Trinajstić information content (AvgIpc) is 2.50. The summed E-state index contributed by atoms with van der Waals surface area (Å²) >= 11 is 0. The van der Waals surface area contributed by atoms with E-state index in [0.29, 0.717) is 5.69 Å². The maximum Gasteiger partial charge on any atom is 0.249 e. The molecule has 0 saturated heterocycles. The van der Waals surface area contributed by atoms with E-state index in [1.807, 2.05) is 49.4 Å². The van der Waals surface area contributed by atoms with Gasteiger partial charge < -0.3 is 5.32 Å². The van der Waals surface area contributed by atoms with Crippen LogP contribution in [0.3, 0.4) is 0 Å². The lowest BCUT2D eigenvalue weighted by atomic mass is 10.2. The number of carbonyl (C=O) groups is 2. The van der Waals surface area contributed by atoms with Crippen LogP contribution in [0.4, 0.5) is 5.69 Å². The highest BCUT2D eigenvalue weighted by Crippen LogP contribution is 2.08. The van der Waals surface area contributed by atoms with Crippen molar-refractivity contribution in [3.63, 3.8) is 0 Å². The molecule has 2 amide bonds. The third kappa shape index (κ3) is 5.20. The first-order valence-electron chi connectivity index (χ1n) is 6.87. The lowest BCUT2D eigenvalue weighted by Crippen LogP contribution is -2.24. The van der Waals surface area contributed by atoms with Crippen molar-refractivity contribution in [3.05, 3.63) is 65.7 Å². The topological polar surface area (TPSA) is 70.6 Å². The molecule has 22 heavy (non-hydrogen) atoms. The predicted octanol–water partition coefficient (Wildman–Crippen LogP) is 2.47. The second kappa shape index (κ2) is 7.73. The smallest absolute Gasteiger partial charge is 0.249 e. The zero-order valence-electron chi connectivity index (χ0n) is 12.2. The Bertz CT molecular complexity index is 664. The number of anilines is 1. The van der Waals surface area contributed by atoms with Crippen LogP contribution in [-0.2, 0) is 9.59 Å². The Kier molecular flexibility index (Phi) is 5.43. The summed E-state index contributed by atoms with van der Waals surface area (Å²) in [6, 6.07) is 16.7. The van der Waals surface area contributed by atoms with Crippen LogP contribution in [0, 0.1) is 6.92 Å². The van der Waals surface area contributed by atoms with E-state index in [1.54, 1.807) is 12.1 Å². The quantitative estimate of drug-likeness (QED) is 0.505. The number of carbonyl (C=O) groups excluding carboxylic acids is 2. The van der Waals surface area contributed by atoms with E-state index in [1.165, 1.54) is 6.21 Å². The fraction of sp³-hybridized carbons (Fsp3) is 0.118. The van der Waals surface area contributed by atoms with E-state index in [2.05, 4.69) is 15.8 Å². The van der Waals surface area contributed by atoms with Crippen LogP contribution in [-0.4, -0.2) is 18.0 Å². The van der Waals surface area contributed by atoms with Crippen LogP contribution in [0.5, 0.6) is 0 Å².